The molecule has 0 spiro atoms. The van der Waals surface area contributed by atoms with Crippen LogP contribution in [0, 0.1) is 11.7 Å². The van der Waals surface area contributed by atoms with E-state index in [9.17, 15) is 14.3 Å². The summed E-state index contributed by atoms with van der Waals surface area (Å²) in [5.41, 5.74) is 11.4. The number of aromatic hydroxyl groups is 1. The predicted molar refractivity (Wildman–Crippen MR) is 155 cm³/mol. The Balaban J connectivity index is 1.01. The summed E-state index contributed by atoms with van der Waals surface area (Å²) in [5, 5.41) is 9.86. The van der Waals surface area contributed by atoms with Gasteiger partial charge in [0.25, 0.3) is 5.91 Å². The van der Waals surface area contributed by atoms with E-state index in [2.05, 4.69) is 30.7 Å². The molecule has 222 valence electrons. The molecule has 0 radical (unpaired) electrons. The highest BCUT2D eigenvalue weighted by atomic mass is 19.1. The third kappa shape index (κ3) is 5.02. The Kier molecular flexibility index (Phi) is 7.31. The molecule has 42 heavy (non-hydrogen) atoms. The number of hydrogen-bond acceptors (Lipinski definition) is 8. The highest BCUT2D eigenvalue weighted by Crippen LogP contribution is 2.44. The number of carbonyl (C=O) groups excluding carboxylic acids is 1. The lowest BCUT2D eigenvalue weighted by Gasteiger charge is -2.33. The van der Waals surface area contributed by atoms with E-state index in [0.29, 0.717) is 31.1 Å². The minimum Gasteiger partial charge on any atom is -0.505 e. The third-order valence-corrected chi connectivity index (χ3v) is 9.75. The Morgan fingerprint density at radius 1 is 1.10 bits per heavy atom. The molecule has 4 aliphatic rings. The van der Waals surface area contributed by atoms with Crippen LogP contribution in [0.5, 0.6) is 5.75 Å². The molecule has 7 rings (SSSR count). The van der Waals surface area contributed by atoms with Crippen LogP contribution < -0.4 is 15.8 Å². The number of H-pyrrole nitrogens is 1. The second-order valence-corrected chi connectivity index (χ2v) is 12.2. The smallest absolute Gasteiger partial charge is 0.274 e. The van der Waals surface area contributed by atoms with Crippen molar-refractivity contribution in [2.45, 2.75) is 82.8 Å². The fourth-order valence-corrected chi connectivity index (χ4v) is 7.44. The van der Waals surface area contributed by atoms with Gasteiger partial charge in [-0.2, -0.15) is 0 Å². The maximum absolute atomic E-state index is 14.3. The number of aromatic amines is 1. The van der Waals surface area contributed by atoms with E-state index in [1.165, 1.54) is 25.3 Å². The zero-order valence-electron chi connectivity index (χ0n) is 24.1. The van der Waals surface area contributed by atoms with Crippen molar-refractivity contribution in [2.75, 3.05) is 24.5 Å². The van der Waals surface area contributed by atoms with Gasteiger partial charge in [0.2, 0.25) is 0 Å². The van der Waals surface area contributed by atoms with E-state index >= 15 is 0 Å². The predicted octanol–water partition coefficient (Wildman–Crippen LogP) is 3.90. The molecule has 3 fully saturated rings. The number of halogens is 1. The fraction of sp³-hybridized carbons (Fsp3) is 0.548. The molecule has 1 amide bonds. The van der Waals surface area contributed by atoms with Crippen molar-refractivity contribution in [1.29, 1.82) is 0 Å². The first-order valence-electron chi connectivity index (χ1n) is 15.4. The second kappa shape index (κ2) is 11.3. The van der Waals surface area contributed by atoms with Crippen molar-refractivity contribution in [1.82, 2.24) is 35.7 Å². The Hall–Kier alpha value is -3.57. The van der Waals surface area contributed by atoms with Crippen molar-refractivity contribution in [3.63, 3.8) is 0 Å². The summed E-state index contributed by atoms with van der Waals surface area (Å²) in [6, 6.07) is 3.39. The quantitative estimate of drug-likeness (QED) is 0.362. The molecule has 10 nitrogen and oxygen atoms in total. The van der Waals surface area contributed by atoms with Gasteiger partial charge < -0.3 is 19.9 Å². The van der Waals surface area contributed by atoms with Crippen LogP contribution in [0.1, 0.15) is 96.2 Å². The molecule has 0 bridgehead atoms. The number of hydrazine groups is 1. The van der Waals surface area contributed by atoms with Crippen molar-refractivity contribution in [2.24, 2.45) is 5.92 Å². The molecular formula is C31H39FN8O2. The molecular weight excluding hydrogens is 535 g/mol. The van der Waals surface area contributed by atoms with Crippen LogP contribution in [-0.4, -0.2) is 61.5 Å². The molecule has 3 aliphatic heterocycles. The maximum Gasteiger partial charge on any atom is 0.274 e. The average molecular weight is 575 g/mol. The van der Waals surface area contributed by atoms with Crippen LogP contribution in [-0.2, 0) is 19.4 Å². The van der Waals surface area contributed by atoms with Gasteiger partial charge in [-0.05, 0) is 80.0 Å². The molecule has 3 aromatic rings. The Labute approximate surface area is 245 Å². The van der Waals surface area contributed by atoms with Crippen LogP contribution >= 0.6 is 0 Å². The highest BCUT2D eigenvalue weighted by molar-refractivity contribution is 5.92. The van der Waals surface area contributed by atoms with Crippen molar-refractivity contribution >= 4 is 11.7 Å². The molecule has 1 aliphatic carbocycles. The van der Waals surface area contributed by atoms with E-state index in [-0.39, 0.29) is 29.7 Å². The lowest BCUT2D eigenvalue weighted by atomic mass is 9.73. The number of fused-ring (bicyclic) bond motifs is 2. The van der Waals surface area contributed by atoms with Crippen molar-refractivity contribution in [3.05, 3.63) is 64.4 Å². The van der Waals surface area contributed by atoms with E-state index < -0.39 is 5.82 Å². The minimum absolute atomic E-state index is 0.0427. The summed E-state index contributed by atoms with van der Waals surface area (Å²) < 4.78 is 14.3. The third-order valence-electron chi connectivity index (χ3n) is 9.75. The Morgan fingerprint density at radius 3 is 2.74 bits per heavy atom. The standard InChI is InChI=1S/C31H39FN8O2/c1-2-18-13-27(41)22(32)14-21(18)19-6-7-20-24(12-19)37-38-29(20)30-35-23-8-11-40(17-26(23)36-30)31(42)25-15-34-28(16-33-25)39-9-4-3-5-10-39/h13-16,19-20,24,29,37-38,41H,2-12,17H2,1H3,(H,35,36). The van der Waals surface area contributed by atoms with Gasteiger partial charge in [0.1, 0.15) is 17.3 Å². The number of phenolic OH excluding ortho intramolecular Hbond substituents is 1. The van der Waals surface area contributed by atoms with Gasteiger partial charge in [0.05, 0.1) is 36.4 Å². The molecule has 4 unspecified atom stereocenters. The first-order valence-corrected chi connectivity index (χ1v) is 15.4. The number of aromatic nitrogens is 4. The zero-order chi connectivity index (χ0) is 28.8. The number of imidazole rings is 1. The molecule has 2 saturated heterocycles. The summed E-state index contributed by atoms with van der Waals surface area (Å²) in [6.07, 6.45) is 11.2. The van der Waals surface area contributed by atoms with Gasteiger partial charge >= 0.3 is 0 Å². The van der Waals surface area contributed by atoms with Crippen LogP contribution in [0.15, 0.2) is 24.5 Å². The topological polar surface area (TPSA) is 122 Å². The monoisotopic (exact) mass is 574 g/mol. The SMILES string of the molecule is CCc1cc(O)c(F)cc1C1CCC2C(C1)NNC2c1nc2c([nH]1)CN(C(=O)c1cnc(N3CCCCC3)cn1)CC2. The normalized spacial score (nSPS) is 25.8. The number of nitrogens with one attached hydrogen (secondary N) is 3. The van der Waals surface area contributed by atoms with Gasteiger partial charge in [-0.1, -0.05) is 6.92 Å². The van der Waals surface area contributed by atoms with Crippen molar-refractivity contribution < 1.29 is 14.3 Å². The Morgan fingerprint density at radius 2 is 1.95 bits per heavy atom. The summed E-state index contributed by atoms with van der Waals surface area (Å²) in [7, 11) is 0. The molecule has 1 saturated carbocycles. The van der Waals surface area contributed by atoms with Crippen LogP contribution in [0.3, 0.4) is 0 Å². The zero-order valence-corrected chi connectivity index (χ0v) is 24.1. The summed E-state index contributed by atoms with van der Waals surface area (Å²) in [6.45, 7) is 5.09. The van der Waals surface area contributed by atoms with Gasteiger partial charge in [-0.25, -0.2) is 24.8 Å². The Bertz CT molecular complexity index is 1450. The van der Waals surface area contributed by atoms with Crippen LogP contribution in [0.4, 0.5) is 10.2 Å². The van der Waals surface area contributed by atoms with Gasteiger partial charge in [-0.3, -0.25) is 10.2 Å². The van der Waals surface area contributed by atoms with E-state index in [0.717, 1.165) is 72.9 Å². The number of benzene rings is 1. The lowest BCUT2D eigenvalue weighted by molar-refractivity contribution is 0.0725. The number of anilines is 1. The number of nitrogens with zero attached hydrogens (tertiary/aromatic N) is 5. The van der Waals surface area contributed by atoms with E-state index in [1.807, 2.05) is 11.8 Å². The van der Waals surface area contributed by atoms with E-state index in [1.54, 1.807) is 18.5 Å². The largest absolute Gasteiger partial charge is 0.505 e. The van der Waals surface area contributed by atoms with Gasteiger partial charge in [0, 0.05) is 32.1 Å². The maximum atomic E-state index is 14.3. The summed E-state index contributed by atoms with van der Waals surface area (Å²) in [4.78, 5) is 34.9. The average Bonchev–Trinajstić information content (AvgIpc) is 3.65. The summed E-state index contributed by atoms with van der Waals surface area (Å²) in [5.74, 6) is 1.42. The molecule has 4 N–H and O–H groups in total. The summed E-state index contributed by atoms with van der Waals surface area (Å²) >= 11 is 0. The number of carbonyl (C=O) groups is 1. The molecule has 1 aromatic carbocycles. The molecule has 5 heterocycles. The van der Waals surface area contributed by atoms with Gasteiger partial charge in [-0.15, -0.1) is 0 Å². The second-order valence-electron chi connectivity index (χ2n) is 12.2. The first kappa shape index (κ1) is 27.3. The number of aryl methyl sites for hydroxylation is 1. The lowest BCUT2D eigenvalue weighted by Crippen LogP contribution is -2.36. The number of rotatable bonds is 5. The number of phenols is 1. The number of amides is 1. The number of piperidine rings is 1. The molecule has 11 heteroatoms. The number of hydrogen-bond donors (Lipinski definition) is 4. The molecule has 2 aromatic heterocycles. The van der Waals surface area contributed by atoms with E-state index in [4.69, 9.17) is 4.98 Å². The fourth-order valence-electron chi connectivity index (χ4n) is 7.44. The van der Waals surface area contributed by atoms with Crippen molar-refractivity contribution in [3.8, 4) is 5.75 Å². The first-order chi connectivity index (χ1) is 20.5. The van der Waals surface area contributed by atoms with Crippen LogP contribution in [0.25, 0.3) is 0 Å². The van der Waals surface area contributed by atoms with Gasteiger partial charge in [0.15, 0.2) is 11.6 Å². The molecule has 4 atom stereocenters. The minimum atomic E-state index is -0.546. The highest BCUT2D eigenvalue weighted by Gasteiger charge is 2.43. The van der Waals surface area contributed by atoms with Crippen LogP contribution in [0.2, 0.25) is 0 Å².